The standard InChI is InChI=1S/C10H9F2N/c11-10(12)9-5-3-8(4-6-9)2-1-7-13/h3-6,10H,1-2H2. The Labute approximate surface area is 75.6 Å². The lowest BCUT2D eigenvalue weighted by molar-refractivity contribution is 0.151. The molecule has 0 aliphatic carbocycles. The molecule has 0 unspecified atom stereocenters. The van der Waals surface area contributed by atoms with Crippen LogP contribution in [0.4, 0.5) is 8.78 Å². The van der Waals surface area contributed by atoms with Crippen LogP contribution in [0.5, 0.6) is 0 Å². The van der Waals surface area contributed by atoms with Crippen LogP contribution in [0.2, 0.25) is 0 Å². The number of nitriles is 1. The van der Waals surface area contributed by atoms with Gasteiger partial charge in [0.25, 0.3) is 6.43 Å². The third-order valence-corrected chi connectivity index (χ3v) is 1.76. The smallest absolute Gasteiger partial charge is 0.205 e. The second-order valence-corrected chi connectivity index (χ2v) is 2.70. The number of aryl methyl sites for hydroxylation is 1. The molecule has 0 N–H and O–H groups in total. The molecule has 1 aromatic rings. The van der Waals surface area contributed by atoms with Gasteiger partial charge in [0, 0.05) is 12.0 Å². The SMILES string of the molecule is N#CCCc1ccc(C(F)F)cc1. The van der Waals surface area contributed by atoms with Crippen LogP contribution in [-0.4, -0.2) is 0 Å². The molecule has 1 rings (SSSR count). The van der Waals surface area contributed by atoms with Gasteiger partial charge in [-0.15, -0.1) is 0 Å². The lowest BCUT2D eigenvalue weighted by atomic mass is 10.1. The van der Waals surface area contributed by atoms with Crippen molar-refractivity contribution in [3.8, 4) is 6.07 Å². The van der Waals surface area contributed by atoms with Crippen molar-refractivity contribution < 1.29 is 8.78 Å². The van der Waals surface area contributed by atoms with Gasteiger partial charge in [-0.3, -0.25) is 0 Å². The van der Waals surface area contributed by atoms with Crippen LogP contribution < -0.4 is 0 Å². The molecule has 68 valence electrons. The number of alkyl halides is 2. The van der Waals surface area contributed by atoms with Gasteiger partial charge in [-0.05, 0) is 12.0 Å². The van der Waals surface area contributed by atoms with Gasteiger partial charge in [0.1, 0.15) is 0 Å². The zero-order chi connectivity index (χ0) is 9.68. The van der Waals surface area contributed by atoms with Crippen LogP contribution in [0.25, 0.3) is 0 Å². The van der Waals surface area contributed by atoms with Crippen LogP contribution >= 0.6 is 0 Å². The molecule has 0 fully saturated rings. The lowest BCUT2D eigenvalue weighted by Crippen LogP contribution is -1.87. The fourth-order valence-corrected chi connectivity index (χ4v) is 1.03. The van der Waals surface area contributed by atoms with Crippen LogP contribution in [0.1, 0.15) is 24.0 Å². The first-order valence-corrected chi connectivity index (χ1v) is 3.98. The molecule has 0 bridgehead atoms. The van der Waals surface area contributed by atoms with E-state index in [1.807, 2.05) is 6.07 Å². The fraction of sp³-hybridized carbons (Fsp3) is 0.300. The van der Waals surface area contributed by atoms with E-state index in [1.54, 1.807) is 12.1 Å². The van der Waals surface area contributed by atoms with Crippen LogP contribution in [0.15, 0.2) is 24.3 Å². The zero-order valence-electron chi connectivity index (χ0n) is 7.00. The molecule has 3 heteroatoms. The van der Waals surface area contributed by atoms with E-state index < -0.39 is 6.43 Å². The van der Waals surface area contributed by atoms with Crippen molar-refractivity contribution in [2.24, 2.45) is 0 Å². The van der Waals surface area contributed by atoms with Crippen molar-refractivity contribution in [2.45, 2.75) is 19.3 Å². The molecule has 0 aliphatic rings. The minimum atomic E-state index is -2.41. The Bertz CT molecular complexity index is 298. The summed E-state index contributed by atoms with van der Waals surface area (Å²) in [5, 5.41) is 8.30. The molecule has 0 heterocycles. The molecule has 0 atom stereocenters. The van der Waals surface area contributed by atoms with Gasteiger partial charge in [0.2, 0.25) is 0 Å². The Morgan fingerprint density at radius 2 is 1.85 bits per heavy atom. The summed E-state index contributed by atoms with van der Waals surface area (Å²) in [6, 6.07) is 8.08. The average molecular weight is 181 g/mol. The van der Waals surface area contributed by atoms with E-state index in [1.165, 1.54) is 12.1 Å². The number of nitrogens with zero attached hydrogens (tertiary/aromatic N) is 1. The number of rotatable bonds is 3. The Balaban J connectivity index is 2.65. The van der Waals surface area contributed by atoms with Gasteiger partial charge in [-0.1, -0.05) is 24.3 Å². The highest BCUT2D eigenvalue weighted by Crippen LogP contribution is 2.18. The molecule has 13 heavy (non-hydrogen) atoms. The van der Waals surface area contributed by atoms with Crippen molar-refractivity contribution in [1.29, 1.82) is 5.26 Å². The first-order valence-electron chi connectivity index (χ1n) is 3.98. The third kappa shape index (κ3) is 2.83. The minimum absolute atomic E-state index is 0.0284. The Kier molecular flexibility index (Phi) is 3.39. The predicted octanol–water partition coefficient (Wildman–Crippen LogP) is 3.08. The molecule has 0 spiro atoms. The Morgan fingerprint density at radius 1 is 1.23 bits per heavy atom. The molecule has 1 aromatic carbocycles. The van der Waals surface area contributed by atoms with Gasteiger partial charge in [-0.25, -0.2) is 8.78 Å². The Morgan fingerprint density at radius 3 is 2.31 bits per heavy atom. The van der Waals surface area contributed by atoms with Crippen LogP contribution in [0.3, 0.4) is 0 Å². The van der Waals surface area contributed by atoms with E-state index >= 15 is 0 Å². The molecule has 0 radical (unpaired) electrons. The maximum absolute atomic E-state index is 12.1. The number of halogens is 2. The molecular weight excluding hydrogens is 172 g/mol. The van der Waals surface area contributed by atoms with Crippen molar-refractivity contribution in [3.05, 3.63) is 35.4 Å². The molecular formula is C10H9F2N. The normalized spacial score (nSPS) is 10.0. The highest BCUT2D eigenvalue weighted by atomic mass is 19.3. The van der Waals surface area contributed by atoms with E-state index in [4.69, 9.17) is 5.26 Å². The van der Waals surface area contributed by atoms with Crippen molar-refractivity contribution in [1.82, 2.24) is 0 Å². The first-order chi connectivity index (χ1) is 6.24. The van der Waals surface area contributed by atoms with Gasteiger partial charge in [-0.2, -0.15) is 5.26 Å². The summed E-state index contributed by atoms with van der Waals surface area (Å²) < 4.78 is 24.2. The summed E-state index contributed by atoms with van der Waals surface area (Å²) in [4.78, 5) is 0. The van der Waals surface area contributed by atoms with Gasteiger partial charge in [0.05, 0.1) is 6.07 Å². The van der Waals surface area contributed by atoms with E-state index in [2.05, 4.69) is 0 Å². The summed E-state index contributed by atoms with van der Waals surface area (Å²) in [5.74, 6) is 0. The van der Waals surface area contributed by atoms with E-state index in [9.17, 15) is 8.78 Å². The third-order valence-electron chi connectivity index (χ3n) is 1.76. The van der Waals surface area contributed by atoms with Crippen LogP contribution in [-0.2, 0) is 6.42 Å². The molecule has 0 amide bonds. The molecule has 0 saturated heterocycles. The summed E-state index contributed by atoms with van der Waals surface area (Å²) >= 11 is 0. The summed E-state index contributed by atoms with van der Waals surface area (Å²) in [6.45, 7) is 0. The maximum Gasteiger partial charge on any atom is 0.263 e. The molecule has 0 saturated carbocycles. The molecule has 0 aliphatic heterocycles. The van der Waals surface area contributed by atoms with E-state index in [0.717, 1.165) is 5.56 Å². The molecule has 1 nitrogen and oxygen atoms in total. The Hall–Kier alpha value is -1.43. The number of hydrogen-bond donors (Lipinski definition) is 0. The maximum atomic E-state index is 12.1. The highest BCUT2D eigenvalue weighted by molar-refractivity contribution is 5.23. The first kappa shape index (κ1) is 9.66. The van der Waals surface area contributed by atoms with E-state index in [-0.39, 0.29) is 5.56 Å². The van der Waals surface area contributed by atoms with Gasteiger partial charge in [0.15, 0.2) is 0 Å². The average Bonchev–Trinajstić information content (AvgIpc) is 2.15. The predicted molar refractivity (Wildman–Crippen MR) is 45.3 cm³/mol. The molecule has 0 aromatic heterocycles. The largest absolute Gasteiger partial charge is 0.263 e. The second-order valence-electron chi connectivity index (χ2n) is 2.70. The van der Waals surface area contributed by atoms with E-state index in [0.29, 0.717) is 12.8 Å². The zero-order valence-corrected chi connectivity index (χ0v) is 7.00. The summed E-state index contributed by atoms with van der Waals surface area (Å²) in [7, 11) is 0. The lowest BCUT2D eigenvalue weighted by Gasteiger charge is -2.00. The van der Waals surface area contributed by atoms with Gasteiger partial charge < -0.3 is 0 Å². The monoisotopic (exact) mass is 181 g/mol. The quantitative estimate of drug-likeness (QED) is 0.702. The fourth-order valence-electron chi connectivity index (χ4n) is 1.03. The second kappa shape index (κ2) is 4.56. The van der Waals surface area contributed by atoms with Crippen molar-refractivity contribution in [2.75, 3.05) is 0 Å². The van der Waals surface area contributed by atoms with Crippen molar-refractivity contribution >= 4 is 0 Å². The van der Waals surface area contributed by atoms with Gasteiger partial charge >= 0.3 is 0 Å². The summed E-state index contributed by atoms with van der Waals surface area (Å²) in [5.41, 5.74) is 0.951. The minimum Gasteiger partial charge on any atom is -0.205 e. The number of hydrogen-bond acceptors (Lipinski definition) is 1. The highest BCUT2D eigenvalue weighted by Gasteiger charge is 2.05. The summed E-state index contributed by atoms with van der Waals surface area (Å²) in [6.07, 6.45) is -1.36. The van der Waals surface area contributed by atoms with Crippen molar-refractivity contribution in [3.63, 3.8) is 0 Å². The topological polar surface area (TPSA) is 23.8 Å². The van der Waals surface area contributed by atoms with Crippen LogP contribution in [0, 0.1) is 11.3 Å². The number of benzene rings is 1.